The number of fused-ring (bicyclic) bond motifs is 1. The van der Waals surface area contributed by atoms with Crippen molar-refractivity contribution in [1.82, 2.24) is 0 Å². The molecule has 0 saturated heterocycles. The van der Waals surface area contributed by atoms with Gasteiger partial charge in [0.05, 0.1) is 10.8 Å². The van der Waals surface area contributed by atoms with Crippen molar-refractivity contribution in [2.75, 3.05) is 0 Å². The zero-order valence-electron chi connectivity index (χ0n) is 29.0. The lowest BCUT2D eigenvalue weighted by atomic mass is 9.82. The average Bonchev–Trinajstić information content (AvgIpc) is 3.18. The van der Waals surface area contributed by atoms with E-state index in [4.69, 9.17) is 0 Å². The average molecular weight is 713 g/mol. The van der Waals surface area contributed by atoms with Gasteiger partial charge in [0.2, 0.25) is 0 Å². The van der Waals surface area contributed by atoms with Gasteiger partial charge in [0, 0.05) is 32.7 Å². The maximum atomic E-state index is 12.0. The molecule has 8 N–H and O–H groups in total. The van der Waals surface area contributed by atoms with Crippen molar-refractivity contribution in [3.05, 3.63) is 120 Å². The number of aryl methyl sites for hydroxylation is 1. The molecule has 9 aromatic rings. The van der Waals surface area contributed by atoms with Gasteiger partial charge in [0.1, 0.15) is 0 Å². The summed E-state index contributed by atoms with van der Waals surface area (Å²) < 4.78 is 0. The van der Waals surface area contributed by atoms with Crippen LogP contribution in [0.1, 0.15) is 11.1 Å². The summed E-state index contributed by atoms with van der Waals surface area (Å²) in [5, 5.41) is 93.9. The number of aromatic hydroxyl groups is 8. The Bertz CT molecular complexity index is 3030. The van der Waals surface area contributed by atoms with Crippen molar-refractivity contribution in [1.29, 1.82) is 0 Å². The van der Waals surface area contributed by atoms with E-state index in [1.54, 1.807) is 24.3 Å². The van der Waals surface area contributed by atoms with E-state index in [0.717, 1.165) is 38.6 Å². The Morgan fingerprint density at radius 2 is 0.759 bits per heavy atom. The van der Waals surface area contributed by atoms with Gasteiger partial charge in [-0.3, -0.25) is 0 Å². The number of phenols is 8. The highest BCUT2D eigenvalue weighted by atomic mass is 16.3. The fraction of sp³-hybridized carbons (Fsp3) is 0.0435. The summed E-state index contributed by atoms with van der Waals surface area (Å²) in [4.78, 5) is 0. The van der Waals surface area contributed by atoms with Crippen LogP contribution in [0.4, 0.5) is 0 Å². The van der Waals surface area contributed by atoms with E-state index in [0.29, 0.717) is 16.7 Å². The van der Waals surface area contributed by atoms with Gasteiger partial charge in [0.25, 0.3) is 0 Å². The molecule has 9 aromatic carbocycles. The molecule has 0 unspecified atom stereocenters. The van der Waals surface area contributed by atoms with Crippen LogP contribution in [-0.4, -0.2) is 40.9 Å². The lowest BCUT2D eigenvalue weighted by Crippen LogP contribution is -1.96. The molecule has 0 atom stereocenters. The van der Waals surface area contributed by atoms with Gasteiger partial charge in [-0.1, -0.05) is 109 Å². The predicted octanol–water partition coefficient (Wildman–Crippen LogP) is 10.7. The molecule has 264 valence electrons. The molecule has 8 nitrogen and oxygen atoms in total. The molecule has 0 aliphatic carbocycles. The molecule has 0 radical (unpaired) electrons. The topological polar surface area (TPSA) is 162 Å². The monoisotopic (exact) mass is 712 g/mol. The van der Waals surface area contributed by atoms with Crippen LogP contribution in [0.3, 0.4) is 0 Å². The Hall–Kier alpha value is -7.32. The van der Waals surface area contributed by atoms with Gasteiger partial charge in [-0.15, -0.1) is 0 Å². The first kappa shape index (κ1) is 32.6. The smallest absolute Gasteiger partial charge is 0.170 e. The first-order chi connectivity index (χ1) is 26.0. The summed E-state index contributed by atoms with van der Waals surface area (Å²) in [6.45, 7) is 3.80. The lowest BCUT2D eigenvalue weighted by molar-refractivity contribution is 0.391. The molecule has 0 fully saturated rings. The molecule has 0 bridgehead atoms. The highest BCUT2D eigenvalue weighted by Gasteiger charge is 2.34. The number of phenolic OH excluding ortho intramolecular Hbond substituents is 8. The molecule has 9 rings (SSSR count). The zero-order valence-corrected chi connectivity index (χ0v) is 29.0. The first-order valence-corrected chi connectivity index (χ1v) is 17.3. The van der Waals surface area contributed by atoms with E-state index in [2.05, 4.69) is 0 Å². The van der Waals surface area contributed by atoms with Crippen LogP contribution in [0.25, 0.3) is 87.6 Å². The standard InChI is InChI=1S/C46H32O8/c1-21-9-3-5-12-26(21)27-14-8-15-28(22(27)2)32-36-34-33-35(41(49)42(36)50)31(39(47)43(51)37(33)45(53)46(54)38(34)44(52)40(32)48)25-19-17-24(18-20-25)30-16-7-11-23-10-4-6-13-29(23)30/h3-20,47-54H,1-2H3. The van der Waals surface area contributed by atoms with Crippen LogP contribution in [0.5, 0.6) is 46.0 Å². The fourth-order valence-electron chi connectivity index (χ4n) is 8.27. The van der Waals surface area contributed by atoms with E-state index >= 15 is 0 Å². The second-order valence-corrected chi connectivity index (χ2v) is 13.7. The van der Waals surface area contributed by atoms with E-state index in [1.807, 2.05) is 98.8 Å². The van der Waals surface area contributed by atoms with Crippen molar-refractivity contribution in [2.24, 2.45) is 0 Å². The molecular formula is C46H32O8. The van der Waals surface area contributed by atoms with Crippen molar-refractivity contribution in [3.63, 3.8) is 0 Å². The van der Waals surface area contributed by atoms with E-state index in [1.165, 1.54) is 0 Å². The third-order valence-electron chi connectivity index (χ3n) is 10.9. The Morgan fingerprint density at radius 1 is 0.315 bits per heavy atom. The Balaban J connectivity index is 1.38. The van der Waals surface area contributed by atoms with E-state index < -0.39 is 56.8 Å². The van der Waals surface area contributed by atoms with Gasteiger partial charge in [-0.2, -0.15) is 0 Å². The van der Waals surface area contributed by atoms with Crippen LogP contribution < -0.4 is 0 Å². The van der Waals surface area contributed by atoms with Gasteiger partial charge in [-0.05, 0) is 69.1 Å². The van der Waals surface area contributed by atoms with Crippen LogP contribution in [0.2, 0.25) is 0 Å². The number of benzene rings is 9. The number of hydrogen-bond donors (Lipinski definition) is 8. The summed E-state index contributed by atoms with van der Waals surface area (Å²) in [7, 11) is 0. The third-order valence-corrected chi connectivity index (χ3v) is 10.9. The summed E-state index contributed by atoms with van der Waals surface area (Å²) in [5.41, 5.74) is 5.85. The number of rotatable bonds is 4. The second kappa shape index (κ2) is 11.6. The second-order valence-electron chi connectivity index (χ2n) is 13.7. The maximum absolute atomic E-state index is 12.0. The minimum Gasteiger partial charge on any atom is -0.504 e. The van der Waals surface area contributed by atoms with Gasteiger partial charge in [0.15, 0.2) is 46.0 Å². The Kier molecular flexibility index (Phi) is 7.00. The molecule has 0 amide bonds. The van der Waals surface area contributed by atoms with Crippen molar-refractivity contribution in [3.8, 4) is 90.5 Å². The fourth-order valence-corrected chi connectivity index (χ4v) is 8.27. The SMILES string of the molecule is Cc1ccccc1-c1cccc(-c2c(O)c(O)c3c(O)c(O)c4c(O)c(O)c(-c5ccc(-c6cccc7ccccc67)cc5)c5c(O)c(O)c2c3c45)c1C. The van der Waals surface area contributed by atoms with Gasteiger partial charge < -0.3 is 40.9 Å². The Labute approximate surface area is 307 Å². The summed E-state index contributed by atoms with van der Waals surface area (Å²) in [6.07, 6.45) is 0. The van der Waals surface area contributed by atoms with E-state index in [-0.39, 0.29) is 32.7 Å². The maximum Gasteiger partial charge on any atom is 0.170 e. The molecule has 0 aliphatic heterocycles. The van der Waals surface area contributed by atoms with E-state index in [9.17, 15) is 40.9 Å². The van der Waals surface area contributed by atoms with Gasteiger partial charge in [-0.25, -0.2) is 0 Å². The summed E-state index contributed by atoms with van der Waals surface area (Å²) in [5.74, 6) is -6.31. The highest BCUT2D eigenvalue weighted by molar-refractivity contribution is 6.37. The lowest BCUT2D eigenvalue weighted by Gasteiger charge is -2.24. The normalized spacial score (nSPS) is 11.7. The van der Waals surface area contributed by atoms with Crippen molar-refractivity contribution in [2.45, 2.75) is 13.8 Å². The minimum absolute atomic E-state index is 0.0532. The zero-order chi connectivity index (χ0) is 37.7. The highest BCUT2D eigenvalue weighted by Crippen LogP contribution is 2.64. The van der Waals surface area contributed by atoms with Crippen molar-refractivity contribution >= 4 is 43.1 Å². The van der Waals surface area contributed by atoms with Gasteiger partial charge >= 0.3 is 0 Å². The summed E-state index contributed by atoms with van der Waals surface area (Å²) in [6, 6.07) is 34.1. The van der Waals surface area contributed by atoms with Crippen LogP contribution in [0.15, 0.2) is 109 Å². The third kappa shape index (κ3) is 4.31. The van der Waals surface area contributed by atoms with Crippen LogP contribution in [-0.2, 0) is 0 Å². The largest absolute Gasteiger partial charge is 0.504 e. The number of hydrogen-bond acceptors (Lipinski definition) is 8. The molecule has 0 spiro atoms. The quantitative estimate of drug-likeness (QED) is 0.0660. The molecular weight excluding hydrogens is 680 g/mol. The molecule has 54 heavy (non-hydrogen) atoms. The predicted molar refractivity (Wildman–Crippen MR) is 212 cm³/mol. The summed E-state index contributed by atoms with van der Waals surface area (Å²) >= 11 is 0. The Morgan fingerprint density at radius 3 is 1.43 bits per heavy atom. The minimum atomic E-state index is -0.912. The van der Waals surface area contributed by atoms with Crippen molar-refractivity contribution < 1.29 is 40.9 Å². The molecule has 8 heteroatoms. The molecule has 0 heterocycles. The first-order valence-electron chi connectivity index (χ1n) is 17.3. The molecule has 0 aromatic heterocycles. The van der Waals surface area contributed by atoms with Crippen LogP contribution >= 0.6 is 0 Å². The molecule has 0 saturated carbocycles. The molecule has 0 aliphatic rings. The van der Waals surface area contributed by atoms with Crippen LogP contribution in [0, 0.1) is 13.8 Å².